The van der Waals surface area contributed by atoms with Gasteiger partial charge in [0.25, 0.3) is 0 Å². The quantitative estimate of drug-likeness (QED) is 0.763. The fraction of sp³-hybridized carbons (Fsp3) is 0.353. The number of rotatable bonds is 3. The van der Waals surface area contributed by atoms with Gasteiger partial charge in [0, 0.05) is 27.9 Å². The summed E-state index contributed by atoms with van der Waals surface area (Å²) in [4.78, 5) is 8.03. The zero-order valence-electron chi connectivity index (χ0n) is 12.7. The van der Waals surface area contributed by atoms with Crippen molar-refractivity contribution in [2.75, 3.05) is 0 Å². The molecule has 0 aliphatic heterocycles. The number of benzene rings is 1. The van der Waals surface area contributed by atoms with E-state index in [1.54, 1.807) is 11.3 Å². The molecule has 4 heteroatoms. The van der Waals surface area contributed by atoms with Gasteiger partial charge in [0.05, 0.1) is 11.7 Å². The summed E-state index contributed by atoms with van der Waals surface area (Å²) < 4.78 is 0. The number of aromatic nitrogens is 2. The van der Waals surface area contributed by atoms with E-state index in [2.05, 4.69) is 55.5 Å². The molecule has 0 bridgehead atoms. The molecular weight excluding hydrogens is 278 g/mol. The normalized spacial score (nSPS) is 13.7. The Bertz CT molecular complexity index is 749. The van der Waals surface area contributed by atoms with E-state index in [-0.39, 0.29) is 11.5 Å². The van der Waals surface area contributed by atoms with Crippen LogP contribution in [0.2, 0.25) is 0 Å². The largest absolute Gasteiger partial charge is 0.361 e. The van der Waals surface area contributed by atoms with Crippen molar-refractivity contribution in [3.05, 3.63) is 52.1 Å². The monoisotopic (exact) mass is 299 g/mol. The maximum absolute atomic E-state index is 6.37. The number of H-pyrrole nitrogens is 1. The molecule has 0 radical (unpaired) electrons. The Balaban J connectivity index is 1.83. The van der Waals surface area contributed by atoms with Crippen LogP contribution in [0.5, 0.6) is 0 Å². The standard InChI is InChI=1S/C17H21N3S/c1-17(2,3)15-10-21-16(20-15)13(18)8-11-9-19-14-7-5-4-6-12(11)14/h4-7,9-10,13,19H,8,18H2,1-3H3. The van der Waals surface area contributed by atoms with E-state index in [4.69, 9.17) is 10.7 Å². The average Bonchev–Trinajstić information content (AvgIpc) is 3.05. The summed E-state index contributed by atoms with van der Waals surface area (Å²) in [6.07, 6.45) is 2.86. The third-order valence-corrected chi connectivity index (χ3v) is 4.70. The van der Waals surface area contributed by atoms with Gasteiger partial charge in [-0.25, -0.2) is 4.98 Å². The molecule has 3 rings (SSSR count). The molecule has 1 aromatic carbocycles. The van der Waals surface area contributed by atoms with Gasteiger partial charge >= 0.3 is 0 Å². The molecule has 0 fully saturated rings. The number of thiazole rings is 1. The molecule has 1 atom stereocenters. The number of nitrogens with one attached hydrogen (secondary N) is 1. The number of para-hydroxylation sites is 1. The third kappa shape index (κ3) is 2.87. The highest BCUT2D eigenvalue weighted by Crippen LogP contribution is 2.28. The Morgan fingerprint density at radius 2 is 2.05 bits per heavy atom. The first kappa shape index (κ1) is 14.3. The van der Waals surface area contributed by atoms with E-state index in [1.807, 2.05) is 6.07 Å². The highest BCUT2D eigenvalue weighted by atomic mass is 32.1. The van der Waals surface area contributed by atoms with Crippen molar-refractivity contribution in [1.29, 1.82) is 0 Å². The third-order valence-electron chi connectivity index (χ3n) is 3.72. The molecule has 0 spiro atoms. The van der Waals surface area contributed by atoms with Crippen molar-refractivity contribution in [3.8, 4) is 0 Å². The number of nitrogens with zero attached hydrogens (tertiary/aromatic N) is 1. The lowest BCUT2D eigenvalue weighted by Crippen LogP contribution is -2.15. The molecular formula is C17H21N3S. The Morgan fingerprint density at radius 3 is 2.76 bits per heavy atom. The summed E-state index contributed by atoms with van der Waals surface area (Å²) in [5, 5.41) is 4.40. The van der Waals surface area contributed by atoms with Gasteiger partial charge in [0.1, 0.15) is 5.01 Å². The number of hydrogen-bond donors (Lipinski definition) is 2. The van der Waals surface area contributed by atoms with Gasteiger partial charge in [-0.1, -0.05) is 39.0 Å². The van der Waals surface area contributed by atoms with Crippen LogP contribution in [0.1, 0.15) is 43.1 Å². The van der Waals surface area contributed by atoms with Crippen molar-refractivity contribution in [3.63, 3.8) is 0 Å². The van der Waals surface area contributed by atoms with Gasteiger partial charge < -0.3 is 10.7 Å². The van der Waals surface area contributed by atoms with Crippen molar-refractivity contribution < 1.29 is 0 Å². The Morgan fingerprint density at radius 1 is 1.29 bits per heavy atom. The SMILES string of the molecule is CC(C)(C)c1csc(C(N)Cc2c[nH]c3ccccc23)n1. The average molecular weight is 299 g/mol. The van der Waals surface area contributed by atoms with Crippen LogP contribution in [0, 0.1) is 0 Å². The molecule has 21 heavy (non-hydrogen) atoms. The second kappa shape index (κ2) is 5.28. The predicted octanol–water partition coefficient (Wildman–Crippen LogP) is 4.16. The fourth-order valence-corrected chi connectivity index (χ4v) is 3.47. The summed E-state index contributed by atoms with van der Waals surface area (Å²) in [6, 6.07) is 8.28. The van der Waals surface area contributed by atoms with Crippen molar-refractivity contribution in [2.45, 2.75) is 38.6 Å². The van der Waals surface area contributed by atoms with Crippen LogP contribution >= 0.6 is 11.3 Å². The van der Waals surface area contributed by atoms with Crippen LogP contribution in [-0.4, -0.2) is 9.97 Å². The molecule has 110 valence electrons. The summed E-state index contributed by atoms with van der Waals surface area (Å²) in [6.45, 7) is 6.53. The molecule has 1 unspecified atom stereocenters. The van der Waals surface area contributed by atoms with Gasteiger partial charge in [-0.3, -0.25) is 0 Å². The van der Waals surface area contributed by atoms with Crippen molar-refractivity contribution >= 4 is 22.2 Å². The number of aromatic amines is 1. The minimum absolute atomic E-state index is 0.0506. The maximum Gasteiger partial charge on any atom is 0.110 e. The summed E-state index contributed by atoms with van der Waals surface area (Å²) in [5.41, 5.74) is 9.99. The van der Waals surface area contributed by atoms with Crippen molar-refractivity contribution in [2.24, 2.45) is 5.73 Å². The lowest BCUT2D eigenvalue weighted by molar-refractivity contribution is 0.567. The molecule has 3 aromatic rings. The zero-order chi connectivity index (χ0) is 15.0. The first-order chi connectivity index (χ1) is 9.95. The minimum atomic E-state index is -0.0506. The first-order valence-electron chi connectivity index (χ1n) is 7.21. The molecule has 0 amide bonds. The van der Waals surface area contributed by atoms with Gasteiger partial charge in [-0.05, 0) is 18.1 Å². The fourth-order valence-electron chi connectivity index (χ4n) is 2.43. The van der Waals surface area contributed by atoms with Gasteiger partial charge in [0.2, 0.25) is 0 Å². The first-order valence-corrected chi connectivity index (χ1v) is 8.09. The molecule has 3 N–H and O–H groups in total. The Kier molecular flexibility index (Phi) is 3.59. The number of fused-ring (bicyclic) bond motifs is 1. The molecule has 2 heterocycles. The van der Waals surface area contributed by atoms with Gasteiger partial charge in [-0.15, -0.1) is 11.3 Å². The van der Waals surface area contributed by atoms with E-state index >= 15 is 0 Å². The van der Waals surface area contributed by atoms with E-state index in [9.17, 15) is 0 Å². The summed E-state index contributed by atoms with van der Waals surface area (Å²) in [7, 11) is 0. The Labute approximate surface area is 129 Å². The topological polar surface area (TPSA) is 54.7 Å². The lowest BCUT2D eigenvalue weighted by atomic mass is 9.93. The van der Waals surface area contributed by atoms with Crippen molar-refractivity contribution in [1.82, 2.24) is 9.97 Å². The van der Waals surface area contributed by atoms with E-state index in [0.29, 0.717) is 0 Å². The maximum atomic E-state index is 6.37. The van der Waals surface area contributed by atoms with E-state index in [1.165, 1.54) is 10.9 Å². The second-order valence-electron chi connectivity index (χ2n) is 6.49. The molecule has 0 saturated carbocycles. The number of nitrogens with two attached hydrogens (primary N) is 1. The van der Waals surface area contributed by atoms with Crippen LogP contribution in [0.3, 0.4) is 0 Å². The highest BCUT2D eigenvalue weighted by molar-refractivity contribution is 7.09. The molecule has 0 aliphatic rings. The molecule has 0 saturated heterocycles. The van der Waals surface area contributed by atoms with E-state index in [0.717, 1.165) is 22.6 Å². The zero-order valence-corrected chi connectivity index (χ0v) is 13.5. The smallest absolute Gasteiger partial charge is 0.110 e. The number of hydrogen-bond acceptors (Lipinski definition) is 3. The van der Waals surface area contributed by atoms with Gasteiger partial charge in [-0.2, -0.15) is 0 Å². The highest BCUT2D eigenvalue weighted by Gasteiger charge is 2.20. The minimum Gasteiger partial charge on any atom is -0.361 e. The van der Waals surface area contributed by atoms with Crippen LogP contribution in [0.25, 0.3) is 10.9 Å². The van der Waals surface area contributed by atoms with Crippen LogP contribution in [-0.2, 0) is 11.8 Å². The van der Waals surface area contributed by atoms with Crippen LogP contribution < -0.4 is 5.73 Å². The summed E-state index contributed by atoms with van der Waals surface area (Å²) in [5.74, 6) is 0. The van der Waals surface area contributed by atoms with Crippen LogP contribution in [0.15, 0.2) is 35.8 Å². The van der Waals surface area contributed by atoms with Gasteiger partial charge in [0.15, 0.2) is 0 Å². The summed E-state index contributed by atoms with van der Waals surface area (Å²) >= 11 is 1.67. The molecule has 3 nitrogen and oxygen atoms in total. The molecule has 0 aliphatic carbocycles. The van der Waals surface area contributed by atoms with Crippen LogP contribution in [0.4, 0.5) is 0 Å². The Hall–Kier alpha value is -1.65. The lowest BCUT2D eigenvalue weighted by Gasteiger charge is -2.14. The second-order valence-corrected chi connectivity index (χ2v) is 7.38. The molecule has 2 aromatic heterocycles. The predicted molar refractivity (Wildman–Crippen MR) is 89.7 cm³/mol. The van der Waals surface area contributed by atoms with E-state index < -0.39 is 0 Å².